The lowest BCUT2D eigenvalue weighted by Crippen LogP contribution is -2.19. The van der Waals surface area contributed by atoms with Crippen LogP contribution in [-0.2, 0) is 11.3 Å². The molecule has 0 amide bonds. The van der Waals surface area contributed by atoms with Gasteiger partial charge in [-0.3, -0.25) is 9.36 Å². The molecule has 2 aromatic carbocycles. The lowest BCUT2D eigenvalue weighted by Gasteiger charge is -2.08. The van der Waals surface area contributed by atoms with Crippen LogP contribution in [0.4, 0.5) is 0 Å². The zero-order valence-corrected chi connectivity index (χ0v) is 12.9. The Kier molecular flexibility index (Phi) is 4.06. The Hall–Kier alpha value is -2.40. The van der Waals surface area contributed by atoms with Crippen LogP contribution in [0.2, 0.25) is 0 Å². The van der Waals surface area contributed by atoms with Gasteiger partial charge in [-0.2, -0.15) is 0 Å². The first-order valence-electron chi connectivity index (χ1n) is 6.96. The van der Waals surface area contributed by atoms with E-state index in [2.05, 4.69) is 0 Å². The predicted octanol–water partition coefficient (Wildman–Crippen LogP) is 3.23. The Morgan fingerprint density at radius 3 is 2.73 bits per heavy atom. The van der Waals surface area contributed by atoms with E-state index < -0.39 is 0 Å². The molecule has 3 aromatic rings. The summed E-state index contributed by atoms with van der Waals surface area (Å²) in [5, 5.41) is 3.68. The summed E-state index contributed by atoms with van der Waals surface area (Å²) in [5.41, 5.74) is 1.43. The highest BCUT2D eigenvalue weighted by Gasteiger charge is 2.11. The molecule has 0 N–H and O–H groups in total. The number of ether oxygens (including phenoxy) is 1. The van der Waals surface area contributed by atoms with Crippen LogP contribution in [0.3, 0.4) is 0 Å². The van der Waals surface area contributed by atoms with Crippen LogP contribution in [-0.4, -0.2) is 17.1 Å². The number of hydrogen-bond acceptors (Lipinski definition) is 4. The first-order valence-corrected chi connectivity index (χ1v) is 7.84. The molecule has 0 aliphatic rings. The summed E-state index contributed by atoms with van der Waals surface area (Å²) in [6.07, 6.45) is 0. The van der Waals surface area contributed by atoms with E-state index in [0.29, 0.717) is 12.1 Å². The van der Waals surface area contributed by atoms with Crippen molar-refractivity contribution in [1.82, 2.24) is 4.57 Å². The fourth-order valence-corrected chi connectivity index (χ4v) is 3.15. The van der Waals surface area contributed by atoms with Crippen molar-refractivity contribution in [2.45, 2.75) is 13.5 Å². The van der Waals surface area contributed by atoms with Gasteiger partial charge in [0.1, 0.15) is 6.61 Å². The highest BCUT2D eigenvalue weighted by molar-refractivity contribution is 7.07. The van der Waals surface area contributed by atoms with Crippen LogP contribution in [0.5, 0.6) is 0 Å². The highest BCUT2D eigenvalue weighted by atomic mass is 32.1. The van der Waals surface area contributed by atoms with Gasteiger partial charge in [0.15, 0.2) is 0 Å². The maximum absolute atomic E-state index is 12.2. The summed E-state index contributed by atoms with van der Waals surface area (Å²) in [6, 6.07) is 13.2. The van der Waals surface area contributed by atoms with Crippen molar-refractivity contribution in [3.63, 3.8) is 0 Å². The van der Waals surface area contributed by atoms with E-state index in [1.807, 2.05) is 43.3 Å². The van der Waals surface area contributed by atoms with E-state index in [1.54, 1.807) is 16.0 Å². The summed E-state index contributed by atoms with van der Waals surface area (Å²) in [4.78, 5) is 23.8. The molecule has 0 bridgehead atoms. The fraction of sp³-hybridized carbons (Fsp3) is 0.176. The van der Waals surface area contributed by atoms with Crippen molar-refractivity contribution in [1.29, 1.82) is 0 Å². The molecule has 112 valence electrons. The van der Waals surface area contributed by atoms with Crippen molar-refractivity contribution in [2.24, 2.45) is 0 Å². The van der Waals surface area contributed by atoms with Gasteiger partial charge in [-0.15, -0.1) is 0 Å². The monoisotopic (exact) mass is 313 g/mol. The van der Waals surface area contributed by atoms with E-state index in [0.717, 1.165) is 27.8 Å². The molecule has 5 heteroatoms. The molecular weight excluding hydrogens is 298 g/mol. The summed E-state index contributed by atoms with van der Waals surface area (Å²) < 4.78 is 6.94. The van der Waals surface area contributed by atoms with E-state index in [-0.39, 0.29) is 17.4 Å². The number of rotatable bonds is 4. The smallest absolute Gasteiger partial charge is 0.338 e. The molecule has 0 saturated carbocycles. The molecule has 0 radical (unpaired) electrons. The van der Waals surface area contributed by atoms with Crippen LogP contribution in [0.15, 0.2) is 52.6 Å². The Labute approximate surface area is 131 Å². The van der Waals surface area contributed by atoms with Crippen molar-refractivity contribution in [3.05, 3.63) is 68.8 Å². The fourth-order valence-electron chi connectivity index (χ4n) is 2.39. The van der Waals surface area contributed by atoms with Crippen LogP contribution in [0.1, 0.15) is 16.1 Å². The minimum absolute atomic E-state index is 0.0290. The molecule has 1 aromatic heterocycles. The quantitative estimate of drug-likeness (QED) is 0.695. The highest BCUT2D eigenvalue weighted by Crippen LogP contribution is 2.19. The van der Waals surface area contributed by atoms with Crippen molar-refractivity contribution >= 4 is 28.1 Å². The third kappa shape index (κ3) is 2.80. The molecule has 0 fully saturated rings. The minimum atomic E-state index is -0.363. The van der Waals surface area contributed by atoms with E-state index in [9.17, 15) is 9.59 Å². The summed E-state index contributed by atoms with van der Waals surface area (Å²) in [7, 11) is 0. The standard InChI is InChI=1S/C17H15NO3S/c1-12-11-22-17(20)18(12)9-10-21-16(19)15-8-4-6-13-5-2-3-7-14(13)15/h2-8,11H,9-10H2,1H3. The predicted molar refractivity (Wildman–Crippen MR) is 87.5 cm³/mol. The molecule has 0 aliphatic heterocycles. The number of thiazole rings is 1. The van der Waals surface area contributed by atoms with E-state index in [4.69, 9.17) is 4.74 Å². The first-order chi connectivity index (χ1) is 10.7. The molecule has 0 unspecified atom stereocenters. The average molecular weight is 313 g/mol. The van der Waals surface area contributed by atoms with E-state index in [1.165, 1.54) is 0 Å². The second-order valence-corrected chi connectivity index (χ2v) is 5.78. The van der Waals surface area contributed by atoms with Gasteiger partial charge in [0, 0.05) is 11.1 Å². The van der Waals surface area contributed by atoms with Crippen LogP contribution in [0.25, 0.3) is 10.8 Å². The Morgan fingerprint density at radius 1 is 1.18 bits per heavy atom. The molecule has 0 spiro atoms. The molecular formula is C17H15NO3S. The molecule has 0 saturated heterocycles. The molecule has 22 heavy (non-hydrogen) atoms. The van der Waals surface area contributed by atoms with Gasteiger partial charge in [-0.05, 0) is 23.8 Å². The van der Waals surface area contributed by atoms with Gasteiger partial charge in [0.25, 0.3) is 0 Å². The second kappa shape index (κ2) is 6.15. The number of carbonyl (C=O) groups excluding carboxylic acids is 1. The van der Waals surface area contributed by atoms with Gasteiger partial charge in [-0.25, -0.2) is 4.79 Å². The van der Waals surface area contributed by atoms with Crippen LogP contribution < -0.4 is 4.87 Å². The number of aryl methyl sites for hydroxylation is 1. The number of esters is 1. The van der Waals surface area contributed by atoms with Crippen molar-refractivity contribution in [3.8, 4) is 0 Å². The summed E-state index contributed by atoms with van der Waals surface area (Å²) in [5.74, 6) is -0.363. The van der Waals surface area contributed by atoms with Crippen molar-refractivity contribution in [2.75, 3.05) is 6.61 Å². The lowest BCUT2D eigenvalue weighted by atomic mass is 10.1. The number of benzene rings is 2. The number of nitrogens with zero attached hydrogens (tertiary/aromatic N) is 1. The SMILES string of the molecule is Cc1csc(=O)n1CCOC(=O)c1cccc2ccccc12. The third-order valence-corrected chi connectivity index (χ3v) is 4.42. The van der Waals surface area contributed by atoms with Gasteiger partial charge >= 0.3 is 10.8 Å². The number of hydrogen-bond donors (Lipinski definition) is 0. The number of carbonyl (C=O) groups is 1. The van der Waals surface area contributed by atoms with E-state index >= 15 is 0 Å². The zero-order chi connectivity index (χ0) is 15.5. The first kappa shape index (κ1) is 14.5. The zero-order valence-electron chi connectivity index (χ0n) is 12.1. The topological polar surface area (TPSA) is 48.3 Å². The average Bonchev–Trinajstić information content (AvgIpc) is 2.86. The Bertz CT molecular complexity index is 873. The normalized spacial score (nSPS) is 10.8. The van der Waals surface area contributed by atoms with Gasteiger partial charge in [0.05, 0.1) is 12.1 Å². The minimum Gasteiger partial charge on any atom is -0.460 e. The summed E-state index contributed by atoms with van der Waals surface area (Å²) >= 11 is 1.16. The Balaban J connectivity index is 1.73. The number of fused-ring (bicyclic) bond motifs is 1. The molecule has 0 atom stereocenters. The second-order valence-electron chi connectivity index (χ2n) is 4.96. The maximum atomic E-state index is 12.2. The van der Waals surface area contributed by atoms with Gasteiger partial charge < -0.3 is 4.74 Å². The van der Waals surface area contributed by atoms with Gasteiger partial charge in [0.2, 0.25) is 0 Å². The lowest BCUT2D eigenvalue weighted by molar-refractivity contribution is 0.0492. The van der Waals surface area contributed by atoms with Crippen LogP contribution >= 0.6 is 11.3 Å². The maximum Gasteiger partial charge on any atom is 0.338 e. The number of aromatic nitrogens is 1. The largest absolute Gasteiger partial charge is 0.460 e. The molecule has 3 rings (SSSR count). The summed E-state index contributed by atoms with van der Waals surface area (Å²) in [6.45, 7) is 2.43. The molecule has 0 aliphatic carbocycles. The third-order valence-electron chi connectivity index (χ3n) is 3.53. The Morgan fingerprint density at radius 2 is 1.95 bits per heavy atom. The van der Waals surface area contributed by atoms with Crippen molar-refractivity contribution < 1.29 is 9.53 Å². The molecule has 4 nitrogen and oxygen atoms in total. The molecule has 1 heterocycles. The van der Waals surface area contributed by atoms with Crippen LogP contribution in [0, 0.1) is 6.92 Å². The van der Waals surface area contributed by atoms with Gasteiger partial charge in [-0.1, -0.05) is 47.7 Å².